The third kappa shape index (κ3) is 7.45. The number of hydrogen-bond donors (Lipinski definition) is 2. The summed E-state index contributed by atoms with van der Waals surface area (Å²) in [6, 6.07) is 0. The van der Waals surface area contributed by atoms with E-state index >= 15 is 0 Å². The van der Waals surface area contributed by atoms with Gasteiger partial charge in [0.15, 0.2) is 0 Å². The molecule has 92 valence electrons. The average molecular weight is 291 g/mol. The van der Waals surface area contributed by atoms with Gasteiger partial charge in [-0.3, -0.25) is 9.59 Å². The van der Waals surface area contributed by atoms with Crippen LogP contribution >= 0.6 is 15.9 Å². The summed E-state index contributed by atoms with van der Waals surface area (Å²) in [5.74, 6) is -0.153. The van der Waals surface area contributed by atoms with Crippen molar-refractivity contribution in [2.24, 2.45) is 5.41 Å². The van der Waals surface area contributed by atoms with Crippen molar-refractivity contribution in [3.8, 4) is 0 Å². The number of halogens is 1. The predicted octanol–water partition coefficient (Wildman–Crippen LogP) is 1.56. The molecule has 0 saturated carbocycles. The number of amides is 2. The standard InChI is InChI=1S/C11H19BrN2O2/c1-8(12)7-14-9(15)5-6-13-10(16)11(2,3)4/h1,5-7H2,2-4H3,(H,13,16)(H,14,15). The summed E-state index contributed by atoms with van der Waals surface area (Å²) >= 11 is 3.14. The Morgan fingerprint density at radius 3 is 2.25 bits per heavy atom. The van der Waals surface area contributed by atoms with Crippen molar-refractivity contribution < 1.29 is 9.59 Å². The van der Waals surface area contributed by atoms with E-state index in [9.17, 15) is 9.59 Å². The van der Waals surface area contributed by atoms with Crippen LogP contribution in [-0.2, 0) is 9.59 Å². The van der Waals surface area contributed by atoms with Gasteiger partial charge in [0.2, 0.25) is 11.8 Å². The first-order valence-electron chi connectivity index (χ1n) is 5.11. The molecule has 2 amide bonds. The van der Waals surface area contributed by atoms with Crippen LogP contribution in [0.2, 0.25) is 0 Å². The number of carbonyl (C=O) groups excluding carboxylic acids is 2. The maximum atomic E-state index is 11.4. The Bertz CT molecular complexity index is 282. The maximum Gasteiger partial charge on any atom is 0.225 e. The lowest BCUT2D eigenvalue weighted by molar-refractivity contribution is -0.128. The fourth-order valence-corrected chi connectivity index (χ4v) is 0.978. The van der Waals surface area contributed by atoms with Gasteiger partial charge >= 0.3 is 0 Å². The summed E-state index contributed by atoms with van der Waals surface area (Å²) in [5, 5.41) is 5.37. The first-order chi connectivity index (χ1) is 7.23. The lowest BCUT2D eigenvalue weighted by atomic mass is 9.96. The normalized spacial score (nSPS) is 10.8. The molecule has 0 heterocycles. The topological polar surface area (TPSA) is 58.2 Å². The Morgan fingerprint density at radius 1 is 1.25 bits per heavy atom. The van der Waals surface area contributed by atoms with Crippen LogP contribution in [0.4, 0.5) is 0 Å². The summed E-state index contributed by atoms with van der Waals surface area (Å²) in [5.41, 5.74) is -0.416. The summed E-state index contributed by atoms with van der Waals surface area (Å²) in [4.78, 5) is 22.7. The highest BCUT2D eigenvalue weighted by atomic mass is 79.9. The van der Waals surface area contributed by atoms with E-state index in [4.69, 9.17) is 0 Å². The van der Waals surface area contributed by atoms with Gasteiger partial charge in [0.05, 0.1) is 0 Å². The van der Waals surface area contributed by atoms with E-state index in [0.29, 0.717) is 13.1 Å². The fraction of sp³-hybridized carbons (Fsp3) is 0.636. The van der Waals surface area contributed by atoms with E-state index in [2.05, 4.69) is 33.1 Å². The number of nitrogens with one attached hydrogen (secondary N) is 2. The van der Waals surface area contributed by atoms with Crippen LogP contribution < -0.4 is 10.6 Å². The van der Waals surface area contributed by atoms with Gasteiger partial charge in [-0.2, -0.15) is 0 Å². The zero-order valence-electron chi connectivity index (χ0n) is 10.0. The molecule has 16 heavy (non-hydrogen) atoms. The van der Waals surface area contributed by atoms with Crippen LogP contribution in [-0.4, -0.2) is 24.9 Å². The third-order valence-corrected chi connectivity index (χ3v) is 2.08. The molecular formula is C11H19BrN2O2. The van der Waals surface area contributed by atoms with Gasteiger partial charge in [0.1, 0.15) is 0 Å². The molecule has 0 atom stereocenters. The molecule has 0 unspecified atom stereocenters. The summed E-state index contributed by atoms with van der Waals surface area (Å²) in [7, 11) is 0. The number of carbonyl (C=O) groups is 2. The Morgan fingerprint density at radius 2 is 1.81 bits per heavy atom. The number of rotatable bonds is 5. The molecule has 0 aliphatic carbocycles. The molecule has 0 spiro atoms. The second-order valence-corrected chi connectivity index (χ2v) is 5.67. The molecule has 0 aliphatic heterocycles. The molecule has 0 rings (SSSR count). The van der Waals surface area contributed by atoms with E-state index in [0.717, 1.165) is 4.48 Å². The fourth-order valence-electron chi connectivity index (χ4n) is 0.838. The molecule has 0 aromatic heterocycles. The Kier molecular flexibility index (Phi) is 6.33. The van der Waals surface area contributed by atoms with Crippen LogP contribution in [0.25, 0.3) is 0 Å². The van der Waals surface area contributed by atoms with Crippen molar-refractivity contribution >= 4 is 27.7 Å². The smallest absolute Gasteiger partial charge is 0.225 e. The van der Waals surface area contributed by atoms with Crippen molar-refractivity contribution in [3.05, 3.63) is 11.1 Å². The zero-order chi connectivity index (χ0) is 12.8. The van der Waals surface area contributed by atoms with Gasteiger partial charge in [-0.05, 0) is 0 Å². The molecule has 0 aromatic rings. The molecule has 0 fully saturated rings. The largest absolute Gasteiger partial charge is 0.355 e. The van der Waals surface area contributed by atoms with Crippen molar-refractivity contribution in [3.63, 3.8) is 0 Å². The first kappa shape index (κ1) is 15.2. The highest BCUT2D eigenvalue weighted by Crippen LogP contribution is 2.11. The van der Waals surface area contributed by atoms with Crippen LogP contribution in [0.3, 0.4) is 0 Å². The zero-order valence-corrected chi connectivity index (χ0v) is 11.6. The van der Waals surface area contributed by atoms with E-state index < -0.39 is 5.41 Å². The molecule has 0 aromatic carbocycles. The van der Waals surface area contributed by atoms with Crippen molar-refractivity contribution in [1.29, 1.82) is 0 Å². The molecular weight excluding hydrogens is 272 g/mol. The van der Waals surface area contributed by atoms with Gasteiger partial charge in [-0.25, -0.2) is 0 Å². The molecule has 5 heteroatoms. The highest BCUT2D eigenvalue weighted by Gasteiger charge is 2.20. The third-order valence-electron chi connectivity index (χ3n) is 1.80. The van der Waals surface area contributed by atoms with Crippen molar-refractivity contribution in [1.82, 2.24) is 10.6 Å². The molecule has 4 nitrogen and oxygen atoms in total. The molecule has 0 aliphatic rings. The summed E-state index contributed by atoms with van der Waals surface area (Å²) in [6.07, 6.45) is 0.280. The lowest BCUT2D eigenvalue weighted by Crippen LogP contribution is -2.37. The van der Waals surface area contributed by atoms with Crippen LogP contribution in [0.1, 0.15) is 27.2 Å². The predicted molar refractivity (Wildman–Crippen MR) is 68.2 cm³/mol. The average Bonchev–Trinajstić information content (AvgIpc) is 2.13. The van der Waals surface area contributed by atoms with Gasteiger partial charge < -0.3 is 10.6 Å². The second-order valence-electron chi connectivity index (χ2n) is 4.55. The van der Waals surface area contributed by atoms with E-state index in [-0.39, 0.29) is 18.2 Å². The number of hydrogen-bond acceptors (Lipinski definition) is 2. The molecule has 0 bridgehead atoms. The Labute approximate surface area is 105 Å². The van der Waals surface area contributed by atoms with E-state index in [1.807, 2.05) is 20.8 Å². The van der Waals surface area contributed by atoms with Gasteiger partial charge in [0.25, 0.3) is 0 Å². The lowest BCUT2D eigenvalue weighted by Gasteiger charge is -2.17. The van der Waals surface area contributed by atoms with Crippen molar-refractivity contribution in [2.75, 3.05) is 13.1 Å². The van der Waals surface area contributed by atoms with E-state index in [1.54, 1.807) is 0 Å². The summed E-state index contributed by atoms with van der Waals surface area (Å²) in [6.45, 7) is 9.86. The Balaban J connectivity index is 3.71. The Hall–Kier alpha value is -0.840. The minimum absolute atomic E-state index is 0.0507. The maximum absolute atomic E-state index is 11.4. The van der Waals surface area contributed by atoms with Crippen LogP contribution in [0.5, 0.6) is 0 Å². The van der Waals surface area contributed by atoms with Crippen LogP contribution in [0.15, 0.2) is 11.1 Å². The monoisotopic (exact) mass is 290 g/mol. The minimum atomic E-state index is -0.416. The molecule has 0 saturated heterocycles. The van der Waals surface area contributed by atoms with Gasteiger partial charge in [-0.1, -0.05) is 43.3 Å². The first-order valence-corrected chi connectivity index (χ1v) is 5.91. The van der Waals surface area contributed by atoms with Gasteiger partial charge in [-0.15, -0.1) is 0 Å². The second kappa shape index (κ2) is 6.68. The molecule has 2 N–H and O–H groups in total. The molecule has 0 radical (unpaired) electrons. The SMILES string of the molecule is C=C(Br)CNC(=O)CCNC(=O)C(C)(C)C. The highest BCUT2D eigenvalue weighted by molar-refractivity contribution is 9.11. The van der Waals surface area contributed by atoms with Crippen molar-refractivity contribution in [2.45, 2.75) is 27.2 Å². The van der Waals surface area contributed by atoms with Gasteiger partial charge in [0, 0.05) is 29.4 Å². The quantitative estimate of drug-likeness (QED) is 0.807. The van der Waals surface area contributed by atoms with E-state index in [1.165, 1.54) is 0 Å². The minimum Gasteiger partial charge on any atom is -0.355 e. The van der Waals surface area contributed by atoms with Crippen LogP contribution in [0, 0.1) is 5.41 Å². The summed E-state index contributed by atoms with van der Waals surface area (Å²) < 4.78 is 0.722.